The lowest BCUT2D eigenvalue weighted by Gasteiger charge is -2.17. The van der Waals surface area contributed by atoms with Gasteiger partial charge in [-0.1, -0.05) is 18.1 Å². The molecule has 0 radical (unpaired) electrons. The number of terminal acetylenes is 1. The summed E-state index contributed by atoms with van der Waals surface area (Å²) in [7, 11) is 0. The Kier molecular flexibility index (Phi) is 6.65. The van der Waals surface area contributed by atoms with Crippen molar-refractivity contribution in [1.82, 2.24) is 5.32 Å². The van der Waals surface area contributed by atoms with Crippen LogP contribution in [0.25, 0.3) is 0 Å². The third-order valence-electron chi connectivity index (χ3n) is 2.42. The van der Waals surface area contributed by atoms with E-state index in [4.69, 9.17) is 6.42 Å². The monoisotopic (exact) mass is 209 g/mol. The average molecular weight is 209 g/mol. The van der Waals surface area contributed by atoms with Gasteiger partial charge in [-0.2, -0.15) is 0 Å². The fraction of sp³-hybridized carbons (Fsp3) is 0.667. The number of allylic oxidation sites excluding steroid dienone is 2. The highest BCUT2D eigenvalue weighted by Crippen LogP contribution is 2.16. The van der Waals surface area contributed by atoms with Crippen molar-refractivity contribution in [3.63, 3.8) is 0 Å². The van der Waals surface area contributed by atoms with E-state index in [1.165, 1.54) is 25.8 Å². The molecule has 1 atom stereocenters. The van der Waals surface area contributed by atoms with Gasteiger partial charge in [0.05, 0.1) is 5.75 Å². The van der Waals surface area contributed by atoms with Gasteiger partial charge in [0.25, 0.3) is 0 Å². The maximum absolute atomic E-state index is 5.16. The third kappa shape index (κ3) is 5.36. The molecule has 0 saturated carbocycles. The van der Waals surface area contributed by atoms with Gasteiger partial charge in [-0.05, 0) is 31.7 Å². The molecule has 1 aliphatic carbocycles. The molecule has 0 aromatic heterocycles. The summed E-state index contributed by atoms with van der Waals surface area (Å²) >= 11 is 1.83. The van der Waals surface area contributed by atoms with Gasteiger partial charge in [-0.25, -0.2) is 0 Å². The van der Waals surface area contributed by atoms with Gasteiger partial charge in [0, 0.05) is 12.3 Å². The van der Waals surface area contributed by atoms with E-state index in [0.29, 0.717) is 0 Å². The van der Waals surface area contributed by atoms with Crippen molar-refractivity contribution in [3.05, 3.63) is 12.2 Å². The Hall–Kier alpha value is -0.390. The Balaban J connectivity index is 1.88. The first-order valence-electron chi connectivity index (χ1n) is 5.30. The molecule has 1 unspecified atom stereocenters. The Morgan fingerprint density at radius 1 is 1.50 bits per heavy atom. The first-order chi connectivity index (χ1) is 6.93. The van der Waals surface area contributed by atoms with Crippen LogP contribution in [0.4, 0.5) is 0 Å². The van der Waals surface area contributed by atoms with E-state index in [9.17, 15) is 0 Å². The fourth-order valence-electron chi connectivity index (χ4n) is 1.62. The molecular weight excluding hydrogens is 190 g/mol. The van der Waals surface area contributed by atoms with E-state index in [0.717, 1.165) is 24.0 Å². The van der Waals surface area contributed by atoms with Gasteiger partial charge >= 0.3 is 0 Å². The summed E-state index contributed by atoms with van der Waals surface area (Å²) in [5, 5.41) is 3.49. The smallest absolute Gasteiger partial charge is 0.0545 e. The van der Waals surface area contributed by atoms with Gasteiger partial charge < -0.3 is 5.32 Å². The molecule has 1 rings (SSSR count). The normalized spacial score (nSPS) is 20.6. The second kappa shape index (κ2) is 7.96. The van der Waals surface area contributed by atoms with Crippen LogP contribution in [0.1, 0.15) is 19.3 Å². The maximum atomic E-state index is 5.16. The predicted octanol–water partition coefficient (Wildman–Crippen LogP) is 2.30. The number of thioether (sulfide) groups is 1. The molecule has 1 nitrogen and oxygen atoms in total. The standard InChI is InChI=1S/C12H19NS/c1-2-9-14-10-8-13-11-12-6-4-3-5-7-12/h1,3-4,12-13H,5-11H2. The van der Waals surface area contributed by atoms with E-state index in [1.54, 1.807) is 0 Å². The molecule has 0 fully saturated rings. The van der Waals surface area contributed by atoms with Crippen molar-refractivity contribution in [2.45, 2.75) is 19.3 Å². The summed E-state index contributed by atoms with van der Waals surface area (Å²) in [6.45, 7) is 2.26. The van der Waals surface area contributed by atoms with Gasteiger partial charge in [-0.3, -0.25) is 0 Å². The predicted molar refractivity (Wildman–Crippen MR) is 65.5 cm³/mol. The minimum absolute atomic E-state index is 0.841. The van der Waals surface area contributed by atoms with Crippen LogP contribution in [0.3, 0.4) is 0 Å². The maximum Gasteiger partial charge on any atom is 0.0545 e. The minimum Gasteiger partial charge on any atom is -0.316 e. The second-order valence-electron chi connectivity index (χ2n) is 3.61. The summed E-state index contributed by atoms with van der Waals surface area (Å²) in [6.07, 6.45) is 13.6. The topological polar surface area (TPSA) is 12.0 Å². The van der Waals surface area contributed by atoms with E-state index < -0.39 is 0 Å². The Morgan fingerprint density at radius 3 is 3.14 bits per heavy atom. The summed E-state index contributed by atoms with van der Waals surface area (Å²) < 4.78 is 0. The minimum atomic E-state index is 0.841. The van der Waals surface area contributed by atoms with Crippen molar-refractivity contribution < 1.29 is 0 Å². The van der Waals surface area contributed by atoms with Crippen LogP contribution < -0.4 is 5.32 Å². The van der Waals surface area contributed by atoms with Crippen LogP contribution in [0.5, 0.6) is 0 Å². The zero-order chi connectivity index (χ0) is 10.1. The van der Waals surface area contributed by atoms with Crippen molar-refractivity contribution in [3.8, 4) is 12.3 Å². The molecule has 0 aromatic carbocycles. The van der Waals surface area contributed by atoms with Crippen molar-refractivity contribution >= 4 is 11.8 Å². The zero-order valence-corrected chi connectivity index (χ0v) is 9.48. The van der Waals surface area contributed by atoms with E-state index in [2.05, 4.69) is 23.4 Å². The lowest BCUT2D eigenvalue weighted by atomic mass is 9.94. The Bertz CT molecular complexity index is 205. The highest BCUT2D eigenvalue weighted by molar-refractivity contribution is 7.99. The van der Waals surface area contributed by atoms with Crippen molar-refractivity contribution in [1.29, 1.82) is 0 Å². The van der Waals surface area contributed by atoms with E-state index >= 15 is 0 Å². The molecule has 14 heavy (non-hydrogen) atoms. The molecule has 78 valence electrons. The molecule has 1 N–H and O–H groups in total. The van der Waals surface area contributed by atoms with Gasteiger partial charge in [0.1, 0.15) is 0 Å². The van der Waals surface area contributed by atoms with Crippen LogP contribution in [0.15, 0.2) is 12.2 Å². The van der Waals surface area contributed by atoms with Gasteiger partial charge in [-0.15, -0.1) is 18.2 Å². The van der Waals surface area contributed by atoms with Gasteiger partial charge in [0.2, 0.25) is 0 Å². The number of rotatable bonds is 6. The molecular formula is C12H19NS. The highest BCUT2D eigenvalue weighted by Gasteiger charge is 2.08. The largest absolute Gasteiger partial charge is 0.316 e. The molecule has 0 bridgehead atoms. The Labute approximate surface area is 91.7 Å². The van der Waals surface area contributed by atoms with Crippen LogP contribution in [-0.2, 0) is 0 Å². The van der Waals surface area contributed by atoms with Crippen molar-refractivity contribution in [2.75, 3.05) is 24.6 Å². The summed E-state index contributed by atoms with van der Waals surface area (Å²) in [4.78, 5) is 0. The summed E-state index contributed by atoms with van der Waals surface area (Å²) in [6, 6.07) is 0. The quantitative estimate of drug-likeness (QED) is 0.409. The number of nitrogens with one attached hydrogen (secondary N) is 1. The van der Waals surface area contributed by atoms with E-state index in [1.807, 2.05) is 11.8 Å². The second-order valence-corrected chi connectivity index (χ2v) is 4.72. The van der Waals surface area contributed by atoms with E-state index in [-0.39, 0.29) is 0 Å². The number of hydrogen-bond donors (Lipinski definition) is 1. The molecule has 0 heterocycles. The molecule has 2 heteroatoms. The first-order valence-corrected chi connectivity index (χ1v) is 6.46. The summed E-state index contributed by atoms with van der Waals surface area (Å²) in [5.41, 5.74) is 0. The molecule has 0 aromatic rings. The Morgan fingerprint density at radius 2 is 2.43 bits per heavy atom. The fourth-order valence-corrected chi connectivity index (χ4v) is 2.17. The molecule has 0 amide bonds. The molecule has 0 saturated heterocycles. The third-order valence-corrected chi connectivity index (χ3v) is 3.28. The average Bonchev–Trinajstić information content (AvgIpc) is 2.25. The zero-order valence-electron chi connectivity index (χ0n) is 8.67. The number of hydrogen-bond acceptors (Lipinski definition) is 2. The first kappa shape index (κ1) is 11.7. The highest BCUT2D eigenvalue weighted by atomic mass is 32.2. The van der Waals surface area contributed by atoms with Crippen LogP contribution in [-0.4, -0.2) is 24.6 Å². The SMILES string of the molecule is C#CCSCCNCC1CC=CCC1. The lowest BCUT2D eigenvalue weighted by Crippen LogP contribution is -2.25. The van der Waals surface area contributed by atoms with Crippen molar-refractivity contribution in [2.24, 2.45) is 5.92 Å². The molecule has 0 aliphatic heterocycles. The van der Waals surface area contributed by atoms with Gasteiger partial charge in [0.15, 0.2) is 0 Å². The van der Waals surface area contributed by atoms with Crippen LogP contribution in [0.2, 0.25) is 0 Å². The molecule has 0 spiro atoms. The van der Waals surface area contributed by atoms with Crippen LogP contribution >= 0.6 is 11.8 Å². The summed E-state index contributed by atoms with van der Waals surface area (Å²) in [5.74, 6) is 5.47. The molecule has 1 aliphatic rings. The lowest BCUT2D eigenvalue weighted by molar-refractivity contribution is 0.448. The van der Waals surface area contributed by atoms with Crippen LogP contribution in [0, 0.1) is 18.3 Å².